The average molecular weight is 274 g/mol. The van der Waals surface area contributed by atoms with E-state index in [0.717, 1.165) is 19.3 Å². The summed E-state index contributed by atoms with van der Waals surface area (Å²) in [6.07, 6.45) is 4.43. The van der Waals surface area contributed by atoms with Gasteiger partial charge in [0, 0.05) is 18.2 Å². The third-order valence-electron chi connectivity index (χ3n) is 2.66. The zero-order valence-corrected chi connectivity index (χ0v) is 12.0. The molecule has 0 fully saturated rings. The van der Waals surface area contributed by atoms with E-state index in [-0.39, 0.29) is 11.1 Å². The molecule has 1 heterocycles. The molecule has 0 radical (unpaired) electrons. The number of hydrogen-bond donors (Lipinski definition) is 3. The molecule has 0 aliphatic rings. The fourth-order valence-corrected chi connectivity index (χ4v) is 3.15. The van der Waals surface area contributed by atoms with E-state index in [0.29, 0.717) is 12.1 Å². The predicted molar refractivity (Wildman–Crippen MR) is 70.7 cm³/mol. The monoisotopic (exact) mass is 274 g/mol. The molecule has 104 valence electrons. The normalized spacial score (nSPS) is 13.7. The third-order valence-corrected chi connectivity index (χ3v) is 4.26. The Labute approximate surface area is 109 Å². The molecule has 0 saturated carbocycles. The quantitative estimate of drug-likeness (QED) is 0.659. The molecule has 1 aromatic rings. The number of nitrogens with one attached hydrogen (secondary N) is 3. The van der Waals surface area contributed by atoms with Crippen molar-refractivity contribution in [3.63, 3.8) is 0 Å². The predicted octanol–water partition coefficient (Wildman–Crippen LogP) is 0.986. The highest BCUT2D eigenvalue weighted by atomic mass is 32.2. The molecule has 1 atom stereocenters. The maximum absolute atomic E-state index is 12.2. The Kier molecular flexibility index (Phi) is 5.77. The number of sulfonamides is 1. The second-order valence-corrected chi connectivity index (χ2v) is 6.07. The summed E-state index contributed by atoms with van der Waals surface area (Å²) in [4.78, 5) is 0. The van der Waals surface area contributed by atoms with Gasteiger partial charge in [-0.1, -0.05) is 19.8 Å². The smallest absolute Gasteiger partial charge is 0.258 e. The van der Waals surface area contributed by atoms with Crippen molar-refractivity contribution in [2.45, 2.75) is 50.7 Å². The first kappa shape index (κ1) is 15.1. The van der Waals surface area contributed by atoms with E-state index in [1.165, 1.54) is 6.20 Å². The summed E-state index contributed by atoms with van der Waals surface area (Å²) in [5.74, 6) is 0. The van der Waals surface area contributed by atoms with Crippen LogP contribution in [-0.4, -0.2) is 31.7 Å². The van der Waals surface area contributed by atoms with Crippen LogP contribution in [0.4, 0.5) is 0 Å². The molecular formula is C11H22N4O2S. The van der Waals surface area contributed by atoms with E-state index in [1.54, 1.807) is 7.05 Å². The third kappa shape index (κ3) is 4.08. The van der Waals surface area contributed by atoms with Crippen molar-refractivity contribution in [3.8, 4) is 0 Å². The lowest BCUT2D eigenvalue weighted by atomic mass is 10.2. The number of aromatic nitrogens is 2. The molecular weight excluding hydrogens is 252 g/mol. The number of rotatable bonds is 8. The van der Waals surface area contributed by atoms with Crippen molar-refractivity contribution in [1.82, 2.24) is 20.2 Å². The Balaban J connectivity index is 2.76. The van der Waals surface area contributed by atoms with Crippen molar-refractivity contribution in [2.24, 2.45) is 0 Å². The highest BCUT2D eigenvalue weighted by Gasteiger charge is 2.22. The molecule has 1 unspecified atom stereocenters. The zero-order chi connectivity index (χ0) is 13.6. The van der Waals surface area contributed by atoms with Crippen LogP contribution in [0.5, 0.6) is 0 Å². The van der Waals surface area contributed by atoms with Gasteiger partial charge in [-0.3, -0.25) is 5.10 Å². The van der Waals surface area contributed by atoms with Gasteiger partial charge in [0.1, 0.15) is 0 Å². The van der Waals surface area contributed by atoms with Gasteiger partial charge in [-0.2, -0.15) is 5.10 Å². The second kappa shape index (κ2) is 6.86. The van der Waals surface area contributed by atoms with Gasteiger partial charge >= 0.3 is 0 Å². The minimum atomic E-state index is -3.51. The minimum absolute atomic E-state index is 0.0688. The number of aromatic amines is 1. The maximum Gasteiger partial charge on any atom is 0.258 e. The Morgan fingerprint density at radius 3 is 2.83 bits per heavy atom. The summed E-state index contributed by atoms with van der Waals surface area (Å²) in [7, 11) is -1.74. The van der Waals surface area contributed by atoms with E-state index in [4.69, 9.17) is 0 Å². The van der Waals surface area contributed by atoms with E-state index in [2.05, 4.69) is 27.2 Å². The molecule has 0 aliphatic heterocycles. The lowest BCUT2D eigenvalue weighted by molar-refractivity contribution is 0.530. The number of H-pyrrole nitrogens is 1. The fraction of sp³-hybridized carbons (Fsp3) is 0.727. The van der Waals surface area contributed by atoms with Crippen LogP contribution in [0.1, 0.15) is 38.7 Å². The van der Waals surface area contributed by atoms with Gasteiger partial charge in [-0.25, -0.2) is 13.1 Å². The number of nitrogens with zero attached hydrogens (tertiary/aromatic N) is 1. The Bertz CT molecular complexity index is 455. The lowest BCUT2D eigenvalue weighted by Gasteiger charge is -2.13. The molecule has 0 spiro atoms. The van der Waals surface area contributed by atoms with E-state index >= 15 is 0 Å². The molecule has 18 heavy (non-hydrogen) atoms. The average Bonchev–Trinajstić information content (AvgIpc) is 2.75. The Morgan fingerprint density at radius 2 is 2.22 bits per heavy atom. The molecule has 3 N–H and O–H groups in total. The van der Waals surface area contributed by atoms with Gasteiger partial charge in [-0.15, -0.1) is 0 Å². The fourth-order valence-electron chi connectivity index (χ4n) is 1.74. The zero-order valence-electron chi connectivity index (χ0n) is 11.2. The van der Waals surface area contributed by atoms with Gasteiger partial charge in [0.15, 0.2) is 5.03 Å². The Morgan fingerprint density at radius 1 is 1.50 bits per heavy atom. The van der Waals surface area contributed by atoms with Gasteiger partial charge in [0.25, 0.3) is 10.0 Å². The minimum Gasteiger partial charge on any atom is -0.316 e. The van der Waals surface area contributed by atoms with Crippen molar-refractivity contribution in [3.05, 3.63) is 11.8 Å². The maximum atomic E-state index is 12.2. The van der Waals surface area contributed by atoms with Crippen LogP contribution in [0.3, 0.4) is 0 Å². The Hall–Kier alpha value is -0.920. The van der Waals surface area contributed by atoms with Crippen LogP contribution in [0.2, 0.25) is 0 Å². The lowest BCUT2D eigenvalue weighted by Crippen LogP contribution is -2.33. The molecule has 6 nitrogen and oxygen atoms in total. The summed E-state index contributed by atoms with van der Waals surface area (Å²) in [5.41, 5.74) is 0.646. The van der Waals surface area contributed by atoms with Gasteiger partial charge in [0.05, 0.1) is 6.20 Å². The molecule has 0 amide bonds. The topological polar surface area (TPSA) is 86.9 Å². The standard InChI is InChI=1S/C11H22N4O2S/c1-4-5-6-9(2)15-18(16,17)11-10(7-12-3)8-13-14-11/h8-9,12,15H,4-7H2,1-3H3,(H,13,14). The van der Waals surface area contributed by atoms with Crippen molar-refractivity contribution < 1.29 is 8.42 Å². The largest absolute Gasteiger partial charge is 0.316 e. The first-order valence-electron chi connectivity index (χ1n) is 6.20. The van der Waals surface area contributed by atoms with Crippen LogP contribution in [-0.2, 0) is 16.6 Å². The molecule has 0 aromatic carbocycles. The van der Waals surface area contributed by atoms with Crippen LogP contribution < -0.4 is 10.0 Å². The first-order chi connectivity index (χ1) is 8.51. The van der Waals surface area contributed by atoms with Crippen LogP contribution >= 0.6 is 0 Å². The van der Waals surface area contributed by atoms with Crippen molar-refractivity contribution in [2.75, 3.05) is 7.05 Å². The van der Waals surface area contributed by atoms with Gasteiger partial charge in [0.2, 0.25) is 0 Å². The van der Waals surface area contributed by atoms with Gasteiger partial charge < -0.3 is 5.32 Å². The first-order valence-corrected chi connectivity index (χ1v) is 7.68. The molecule has 1 rings (SSSR count). The summed E-state index contributed by atoms with van der Waals surface area (Å²) in [6, 6.07) is -0.0688. The molecule has 0 saturated heterocycles. The second-order valence-electron chi connectivity index (χ2n) is 4.42. The summed E-state index contributed by atoms with van der Waals surface area (Å²) < 4.78 is 27.0. The summed E-state index contributed by atoms with van der Waals surface area (Å²) in [5, 5.41) is 9.42. The van der Waals surface area contributed by atoms with Crippen molar-refractivity contribution >= 4 is 10.0 Å². The highest BCUT2D eigenvalue weighted by molar-refractivity contribution is 7.89. The van der Waals surface area contributed by atoms with E-state index < -0.39 is 10.0 Å². The molecule has 0 aliphatic carbocycles. The molecule has 0 bridgehead atoms. The SMILES string of the molecule is CCCCC(C)NS(=O)(=O)c1[nH]ncc1CNC. The summed E-state index contributed by atoms with van der Waals surface area (Å²) in [6.45, 7) is 4.43. The van der Waals surface area contributed by atoms with Crippen LogP contribution in [0.25, 0.3) is 0 Å². The summed E-state index contributed by atoms with van der Waals surface area (Å²) >= 11 is 0. The van der Waals surface area contributed by atoms with Crippen LogP contribution in [0.15, 0.2) is 11.2 Å². The van der Waals surface area contributed by atoms with Gasteiger partial charge in [-0.05, 0) is 20.4 Å². The van der Waals surface area contributed by atoms with Crippen molar-refractivity contribution in [1.29, 1.82) is 0 Å². The molecule has 7 heteroatoms. The van der Waals surface area contributed by atoms with E-state index in [9.17, 15) is 8.42 Å². The number of hydrogen-bond acceptors (Lipinski definition) is 4. The molecule has 1 aromatic heterocycles. The number of unbranched alkanes of at least 4 members (excludes halogenated alkanes) is 1. The van der Waals surface area contributed by atoms with Crippen LogP contribution in [0, 0.1) is 0 Å². The van der Waals surface area contributed by atoms with E-state index in [1.807, 2.05) is 6.92 Å². The highest BCUT2D eigenvalue weighted by Crippen LogP contribution is 2.13.